The molecular formula is C12H16Cl2N2O3. The minimum absolute atomic E-state index is 0.151. The maximum absolute atomic E-state index is 11.9. The van der Waals surface area contributed by atoms with Gasteiger partial charge in [-0.05, 0) is 12.1 Å². The molecule has 1 rings (SSSR count). The number of nitrogens with zero attached hydrogens (tertiary/aromatic N) is 1. The van der Waals surface area contributed by atoms with E-state index in [2.05, 4.69) is 5.32 Å². The molecule has 0 bridgehead atoms. The topological polar surface area (TPSA) is 61.8 Å². The molecule has 1 atom stereocenters. The summed E-state index contributed by atoms with van der Waals surface area (Å²) >= 11 is 11.8. The maximum atomic E-state index is 11.9. The van der Waals surface area contributed by atoms with Crippen molar-refractivity contribution in [2.24, 2.45) is 0 Å². The third kappa shape index (κ3) is 4.87. The van der Waals surface area contributed by atoms with Crippen LogP contribution in [0.4, 0.5) is 10.5 Å². The van der Waals surface area contributed by atoms with Gasteiger partial charge in [0.2, 0.25) is 0 Å². The Hall–Kier alpha value is -1.01. The number of hydrogen-bond donors (Lipinski definition) is 2. The van der Waals surface area contributed by atoms with Gasteiger partial charge in [-0.1, -0.05) is 29.3 Å². The molecule has 2 N–H and O–H groups in total. The van der Waals surface area contributed by atoms with Crippen molar-refractivity contribution in [3.63, 3.8) is 0 Å². The number of likely N-dealkylation sites (N-methyl/N-ethyl adjacent to an activating group) is 1. The second kappa shape index (κ2) is 7.55. The summed E-state index contributed by atoms with van der Waals surface area (Å²) in [5.41, 5.74) is 0.423. The van der Waals surface area contributed by atoms with Crippen LogP contribution >= 0.6 is 23.2 Å². The lowest BCUT2D eigenvalue weighted by Gasteiger charge is -2.21. The molecule has 0 spiro atoms. The van der Waals surface area contributed by atoms with Crippen molar-refractivity contribution < 1.29 is 14.6 Å². The minimum atomic E-state index is -0.740. The monoisotopic (exact) mass is 306 g/mol. The van der Waals surface area contributed by atoms with E-state index in [-0.39, 0.29) is 24.2 Å². The van der Waals surface area contributed by atoms with E-state index in [1.54, 1.807) is 25.2 Å². The van der Waals surface area contributed by atoms with Crippen LogP contribution in [0.15, 0.2) is 18.2 Å². The molecule has 0 aliphatic carbocycles. The predicted molar refractivity (Wildman–Crippen MR) is 76.0 cm³/mol. The average molecular weight is 307 g/mol. The largest absolute Gasteiger partial charge is 0.389 e. The fraction of sp³-hybridized carbons (Fsp3) is 0.417. The summed E-state index contributed by atoms with van der Waals surface area (Å²) in [4.78, 5) is 13.2. The van der Waals surface area contributed by atoms with Gasteiger partial charge in [-0.15, -0.1) is 0 Å². The number of ether oxygens (including phenoxy) is 1. The van der Waals surface area contributed by atoms with Crippen molar-refractivity contribution in [1.29, 1.82) is 0 Å². The van der Waals surface area contributed by atoms with Crippen molar-refractivity contribution in [2.75, 3.05) is 32.6 Å². The van der Waals surface area contributed by atoms with Gasteiger partial charge in [-0.2, -0.15) is 0 Å². The lowest BCUT2D eigenvalue weighted by molar-refractivity contribution is 0.0501. The van der Waals surface area contributed by atoms with E-state index >= 15 is 0 Å². The molecule has 19 heavy (non-hydrogen) atoms. The Bertz CT molecular complexity index is 443. The average Bonchev–Trinajstić information content (AvgIpc) is 2.35. The molecule has 0 heterocycles. The number of nitrogens with one attached hydrogen (secondary N) is 1. The van der Waals surface area contributed by atoms with E-state index in [0.717, 1.165) is 0 Å². The zero-order valence-electron chi connectivity index (χ0n) is 10.7. The number of benzene rings is 1. The molecule has 0 aliphatic rings. The lowest BCUT2D eigenvalue weighted by atomic mass is 10.3. The summed E-state index contributed by atoms with van der Waals surface area (Å²) in [7, 11) is 3.04. The Balaban J connectivity index is 2.61. The first kappa shape index (κ1) is 16.0. The highest BCUT2D eigenvalue weighted by Gasteiger charge is 2.15. The summed E-state index contributed by atoms with van der Waals surface area (Å²) < 4.78 is 4.79. The molecule has 2 amide bonds. The highest BCUT2D eigenvalue weighted by Crippen LogP contribution is 2.29. The molecule has 0 fully saturated rings. The zero-order valence-corrected chi connectivity index (χ0v) is 12.2. The Morgan fingerprint density at radius 3 is 2.84 bits per heavy atom. The van der Waals surface area contributed by atoms with Gasteiger partial charge in [0.15, 0.2) is 0 Å². The summed E-state index contributed by atoms with van der Waals surface area (Å²) in [5, 5.41) is 12.8. The minimum Gasteiger partial charge on any atom is -0.389 e. The first-order valence-corrected chi connectivity index (χ1v) is 6.34. The highest BCUT2D eigenvalue weighted by molar-refractivity contribution is 6.43. The lowest BCUT2D eigenvalue weighted by Crippen LogP contribution is -2.38. The summed E-state index contributed by atoms with van der Waals surface area (Å²) in [5.74, 6) is 0. The number of carbonyl (C=O) groups excluding carboxylic acids is 1. The van der Waals surface area contributed by atoms with Crippen molar-refractivity contribution in [2.45, 2.75) is 6.10 Å². The Morgan fingerprint density at radius 2 is 2.21 bits per heavy atom. The molecule has 1 aromatic rings. The smallest absolute Gasteiger partial charge is 0.321 e. The van der Waals surface area contributed by atoms with E-state index in [4.69, 9.17) is 27.9 Å². The van der Waals surface area contributed by atoms with Crippen LogP contribution in [-0.4, -0.2) is 49.5 Å². The fourth-order valence-corrected chi connectivity index (χ4v) is 1.80. The molecule has 0 aliphatic heterocycles. The molecule has 0 saturated carbocycles. The quantitative estimate of drug-likeness (QED) is 0.878. The number of urea groups is 1. The number of carbonyl (C=O) groups is 1. The third-order valence-corrected chi connectivity index (χ3v) is 3.20. The molecule has 0 radical (unpaired) electrons. The van der Waals surface area contributed by atoms with Crippen LogP contribution in [0.3, 0.4) is 0 Å². The van der Waals surface area contributed by atoms with E-state index in [0.29, 0.717) is 10.7 Å². The Kier molecular flexibility index (Phi) is 6.37. The molecule has 0 aromatic heterocycles. The van der Waals surface area contributed by atoms with Crippen LogP contribution in [0, 0.1) is 0 Å². The molecule has 7 heteroatoms. The van der Waals surface area contributed by atoms with Crippen molar-refractivity contribution in [3.05, 3.63) is 28.2 Å². The molecule has 1 aromatic carbocycles. The first-order valence-electron chi connectivity index (χ1n) is 5.58. The summed E-state index contributed by atoms with van der Waals surface area (Å²) in [6.45, 7) is 0.313. The van der Waals surface area contributed by atoms with E-state index in [1.807, 2.05) is 0 Å². The Morgan fingerprint density at radius 1 is 1.53 bits per heavy atom. The summed E-state index contributed by atoms with van der Waals surface area (Å²) in [6.07, 6.45) is -0.740. The van der Waals surface area contributed by atoms with E-state index < -0.39 is 6.10 Å². The SMILES string of the molecule is COCC(O)CN(C)C(=O)Nc1cccc(Cl)c1Cl. The normalized spacial score (nSPS) is 12.1. The van der Waals surface area contributed by atoms with Crippen molar-refractivity contribution >= 4 is 34.9 Å². The van der Waals surface area contributed by atoms with Crippen LogP contribution in [-0.2, 0) is 4.74 Å². The molecule has 1 unspecified atom stereocenters. The van der Waals surface area contributed by atoms with Gasteiger partial charge in [-0.25, -0.2) is 4.79 Å². The third-order valence-electron chi connectivity index (χ3n) is 2.38. The van der Waals surface area contributed by atoms with Crippen LogP contribution in [0.5, 0.6) is 0 Å². The van der Waals surface area contributed by atoms with Crippen molar-refractivity contribution in [1.82, 2.24) is 4.90 Å². The van der Waals surface area contributed by atoms with Gasteiger partial charge < -0.3 is 20.1 Å². The van der Waals surface area contributed by atoms with Gasteiger partial charge >= 0.3 is 6.03 Å². The predicted octanol–water partition coefficient (Wildman–Crippen LogP) is 2.46. The number of anilines is 1. The molecule has 106 valence electrons. The zero-order chi connectivity index (χ0) is 14.4. The fourth-order valence-electron chi connectivity index (χ4n) is 1.46. The number of hydrogen-bond acceptors (Lipinski definition) is 3. The standard InChI is InChI=1S/C12H16Cl2N2O3/c1-16(6-8(17)7-19-2)12(18)15-10-5-3-4-9(13)11(10)14/h3-5,8,17H,6-7H2,1-2H3,(H,15,18). The highest BCUT2D eigenvalue weighted by atomic mass is 35.5. The van der Waals surface area contributed by atoms with Crippen LogP contribution < -0.4 is 5.32 Å². The number of amides is 2. The van der Waals surface area contributed by atoms with Crippen LogP contribution in [0.1, 0.15) is 0 Å². The number of aliphatic hydroxyl groups is 1. The van der Waals surface area contributed by atoms with E-state index in [9.17, 15) is 9.90 Å². The second-order valence-electron chi connectivity index (χ2n) is 4.02. The maximum Gasteiger partial charge on any atom is 0.321 e. The first-order chi connectivity index (χ1) is 8.95. The number of aliphatic hydroxyl groups excluding tert-OH is 1. The van der Waals surface area contributed by atoms with Gasteiger partial charge in [0, 0.05) is 14.2 Å². The molecule has 0 saturated heterocycles. The van der Waals surface area contributed by atoms with Crippen LogP contribution in [0.2, 0.25) is 10.0 Å². The second-order valence-corrected chi connectivity index (χ2v) is 4.81. The van der Waals surface area contributed by atoms with Gasteiger partial charge in [0.25, 0.3) is 0 Å². The van der Waals surface area contributed by atoms with Gasteiger partial charge in [-0.3, -0.25) is 0 Å². The molecular weight excluding hydrogens is 291 g/mol. The van der Waals surface area contributed by atoms with E-state index in [1.165, 1.54) is 12.0 Å². The molecule has 5 nitrogen and oxygen atoms in total. The number of rotatable bonds is 5. The number of methoxy groups -OCH3 is 1. The summed E-state index contributed by atoms with van der Waals surface area (Å²) in [6, 6.07) is 4.57. The van der Waals surface area contributed by atoms with Gasteiger partial charge in [0.05, 0.1) is 35.0 Å². The Labute approximate surface area is 122 Å². The number of halogens is 2. The van der Waals surface area contributed by atoms with Crippen LogP contribution in [0.25, 0.3) is 0 Å². The van der Waals surface area contributed by atoms with Crippen molar-refractivity contribution in [3.8, 4) is 0 Å². The van der Waals surface area contributed by atoms with Gasteiger partial charge in [0.1, 0.15) is 0 Å².